The van der Waals surface area contributed by atoms with E-state index in [0.29, 0.717) is 28.1 Å². The molecule has 0 aliphatic heterocycles. The Morgan fingerprint density at radius 3 is 2.58 bits per heavy atom. The van der Waals surface area contributed by atoms with Crippen LogP contribution in [0.3, 0.4) is 0 Å². The maximum atomic E-state index is 11.4. The minimum absolute atomic E-state index is 0.109. The zero-order valence-corrected chi connectivity index (χ0v) is 12.7. The van der Waals surface area contributed by atoms with Crippen LogP contribution in [-0.2, 0) is 9.53 Å². The Labute approximate surface area is 120 Å². The summed E-state index contributed by atoms with van der Waals surface area (Å²) in [6, 6.07) is 3.35. The molecule has 1 aromatic rings. The van der Waals surface area contributed by atoms with Crippen LogP contribution in [0.4, 0.5) is 0 Å². The van der Waals surface area contributed by atoms with E-state index in [4.69, 9.17) is 14.2 Å². The smallest absolute Gasteiger partial charge is 0.308 e. The lowest BCUT2D eigenvalue weighted by molar-refractivity contribution is -0.145. The number of methoxy groups -OCH3 is 2. The molecule has 0 saturated heterocycles. The third-order valence-corrected chi connectivity index (χ3v) is 3.36. The molecule has 0 fully saturated rings. The van der Waals surface area contributed by atoms with Crippen molar-refractivity contribution in [2.24, 2.45) is 0 Å². The molecular formula is C13H17BrO5. The van der Waals surface area contributed by atoms with Crippen molar-refractivity contribution in [3.05, 3.63) is 22.2 Å². The second kappa shape index (κ2) is 7.35. The molecule has 0 aliphatic carbocycles. The van der Waals surface area contributed by atoms with E-state index >= 15 is 0 Å². The third-order valence-electron chi connectivity index (χ3n) is 2.54. The van der Waals surface area contributed by atoms with Crippen molar-refractivity contribution in [1.29, 1.82) is 0 Å². The van der Waals surface area contributed by atoms with Crippen molar-refractivity contribution in [1.82, 2.24) is 0 Å². The van der Waals surface area contributed by atoms with Gasteiger partial charge in [-0.15, -0.1) is 0 Å². The Morgan fingerprint density at radius 2 is 2.05 bits per heavy atom. The molecule has 0 aromatic heterocycles. The molecule has 0 saturated carbocycles. The summed E-state index contributed by atoms with van der Waals surface area (Å²) in [4.78, 5) is 11.4. The van der Waals surface area contributed by atoms with Gasteiger partial charge in [0.2, 0.25) is 0 Å². The topological polar surface area (TPSA) is 65.0 Å². The molecule has 1 unspecified atom stereocenters. The first-order valence-electron chi connectivity index (χ1n) is 5.79. The summed E-state index contributed by atoms with van der Waals surface area (Å²) in [6.07, 6.45) is -1.07. The van der Waals surface area contributed by atoms with Crippen LogP contribution in [0.2, 0.25) is 0 Å². The fourth-order valence-electron chi connectivity index (χ4n) is 1.65. The van der Waals surface area contributed by atoms with Gasteiger partial charge in [0, 0.05) is 0 Å². The number of hydrogen-bond donors (Lipinski definition) is 1. The standard InChI is InChI=1S/C13H17BrO5/c1-4-19-11(16)7-9(15)8-5-6-10(17-2)13(18-3)12(8)14/h5-6,9,15H,4,7H2,1-3H3. The Morgan fingerprint density at radius 1 is 1.37 bits per heavy atom. The minimum Gasteiger partial charge on any atom is -0.493 e. The molecule has 5 nitrogen and oxygen atoms in total. The van der Waals surface area contributed by atoms with Gasteiger partial charge in [-0.1, -0.05) is 6.07 Å². The van der Waals surface area contributed by atoms with Crippen molar-refractivity contribution in [2.75, 3.05) is 20.8 Å². The molecule has 0 bridgehead atoms. The number of carbonyl (C=O) groups excluding carboxylic acids is 1. The van der Waals surface area contributed by atoms with Gasteiger partial charge in [-0.05, 0) is 34.5 Å². The van der Waals surface area contributed by atoms with E-state index in [2.05, 4.69) is 15.9 Å². The second-order valence-electron chi connectivity index (χ2n) is 3.73. The molecule has 106 valence electrons. The number of ether oxygens (including phenoxy) is 3. The SMILES string of the molecule is CCOC(=O)CC(O)c1ccc(OC)c(OC)c1Br. The van der Waals surface area contributed by atoms with Gasteiger partial charge in [0.25, 0.3) is 0 Å². The summed E-state index contributed by atoms with van der Waals surface area (Å²) in [6.45, 7) is 2.01. The number of benzene rings is 1. The number of hydrogen-bond acceptors (Lipinski definition) is 5. The lowest BCUT2D eigenvalue weighted by Crippen LogP contribution is -2.10. The van der Waals surface area contributed by atoms with E-state index in [9.17, 15) is 9.90 Å². The Kier molecular flexibility index (Phi) is 6.11. The quantitative estimate of drug-likeness (QED) is 0.810. The maximum absolute atomic E-state index is 11.4. The summed E-state index contributed by atoms with van der Waals surface area (Å²) in [5.74, 6) is 0.570. The molecule has 1 N–H and O–H groups in total. The van der Waals surface area contributed by atoms with E-state index in [-0.39, 0.29) is 6.42 Å². The first kappa shape index (κ1) is 15.8. The molecule has 1 aromatic carbocycles. The van der Waals surface area contributed by atoms with E-state index in [1.165, 1.54) is 14.2 Å². The molecule has 0 amide bonds. The van der Waals surface area contributed by atoms with Crippen LogP contribution in [0.15, 0.2) is 16.6 Å². The molecule has 0 radical (unpaired) electrons. The van der Waals surface area contributed by atoms with Gasteiger partial charge in [0.05, 0.1) is 37.8 Å². The highest BCUT2D eigenvalue weighted by atomic mass is 79.9. The van der Waals surface area contributed by atoms with E-state index < -0.39 is 12.1 Å². The highest BCUT2D eigenvalue weighted by Crippen LogP contribution is 2.40. The minimum atomic E-state index is -0.965. The molecule has 19 heavy (non-hydrogen) atoms. The van der Waals surface area contributed by atoms with E-state index in [1.807, 2.05) is 0 Å². The lowest BCUT2D eigenvalue weighted by Gasteiger charge is -2.16. The maximum Gasteiger partial charge on any atom is 0.308 e. The zero-order chi connectivity index (χ0) is 14.4. The zero-order valence-electron chi connectivity index (χ0n) is 11.1. The lowest BCUT2D eigenvalue weighted by atomic mass is 10.1. The number of aliphatic hydroxyl groups is 1. The van der Waals surface area contributed by atoms with Crippen molar-refractivity contribution >= 4 is 21.9 Å². The van der Waals surface area contributed by atoms with Crippen LogP contribution in [0.25, 0.3) is 0 Å². The molecule has 1 atom stereocenters. The van der Waals surface area contributed by atoms with Crippen LogP contribution in [-0.4, -0.2) is 31.9 Å². The predicted molar refractivity (Wildman–Crippen MR) is 73.5 cm³/mol. The van der Waals surface area contributed by atoms with Gasteiger partial charge < -0.3 is 19.3 Å². The molecule has 0 heterocycles. The third kappa shape index (κ3) is 3.84. The van der Waals surface area contributed by atoms with Gasteiger partial charge in [-0.25, -0.2) is 0 Å². The first-order valence-corrected chi connectivity index (χ1v) is 6.58. The average molecular weight is 333 g/mol. The number of carbonyl (C=O) groups is 1. The number of halogens is 1. The Balaban J connectivity index is 2.97. The van der Waals surface area contributed by atoms with Gasteiger partial charge in [-0.3, -0.25) is 4.79 Å². The number of esters is 1. The summed E-state index contributed by atoms with van der Waals surface area (Å²) in [5.41, 5.74) is 0.547. The van der Waals surface area contributed by atoms with Gasteiger partial charge in [-0.2, -0.15) is 0 Å². The highest BCUT2D eigenvalue weighted by molar-refractivity contribution is 9.10. The fourth-order valence-corrected chi connectivity index (χ4v) is 2.40. The predicted octanol–water partition coefficient (Wildman–Crippen LogP) is 2.45. The number of aliphatic hydroxyl groups excluding tert-OH is 1. The second-order valence-corrected chi connectivity index (χ2v) is 4.52. The van der Waals surface area contributed by atoms with Gasteiger partial charge in [0.1, 0.15) is 0 Å². The summed E-state index contributed by atoms with van der Waals surface area (Å²) < 4.78 is 15.7. The van der Waals surface area contributed by atoms with Crippen molar-refractivity contribution in [2.45, 2.75) is 19.4 Å². The van der Waals surface area contributed by atoms with E-state index in [1.54, 1.807) is 19.1 Å². The van der Waals surface area contributed by atoms with Crippen LogP contribution in [0.1, 0.15) is 25.0 Å². The Bertz CT molecular complexity index is 447. The summed E-state index contributed by atoms with van der Waals surface area (Å²) in [5, 5.41) is 10.1. The normalized spacial score (nSPS) is 11.8. The highest BCUT2D eigenvalue weighted by Gasteiger charge is 2.20. The van der Waals surface area contributed by atoms with Crippen molar-refractivity contribution in [3.63, 3.8) is 0 Å². The summed E-state index contributed by atoms with van der Waals surface area (Å²) >= 11 is 3.35. The van der Waals surface area contributed by atoms with Crippen LogP contribution in [0.5, 0.6) is 11.5 Å². The summed E-state index contributed by atoms with van der Waals surface area (Å²) in [7, 11) is 3.03. The van der Waals surface area contributed by atoms with Crippen LogP contribution < -0.4 is 9.47 Å². The molecule has 6 heteroatoms. The van der Waals surface area contributed by atoms with E-state index in [0.717, 1.165) is 0 Å². The largest absolute Gasteiger partial charge is 0.493 e. The first-order chi connectivity index (χ1) is 9.04. The molecule has 0 aliphatic rings. The number of rotatable bonds is 6. The molecule has 1 rings (SSSR count). The van der Waals surface area contributed by atoms with Crippen molar-refractivity contribution in [3.8, 4) is 11.5 Å². The van der Waals surface area contributed by atoms with Crippen molar-refractivity contribution < 1.29 is 24.1 Å². The Hall–Kier alpha value is -1.27. The molecular weight excluding hydrogens is 316 g/mol. The fraction of sp³-hybridized carbons (Fsp3) is 0.462. The molecule has 0 spiro atoms. The van der Waals surface area contributed by atoms with Gasteiger partial charge >= 0.3 is 5.97 Å². The van der Waals surface area contributed by atoms with Crippen LogP contribution >= 0.6 is 15.9 Å². The van der Waals surface area contributed by atoms with Gasteiger partial charge in [0.15, 0.2) is 11.5 Å². The average Bonchev–Trinajstić information content (AvgIpc) is 2.38. The van der Waals surface area contributed by atoms with Crippen LogP contribution in [0, 0.1) is 0 Å². The monoisotopic (exact) mass is 332 g/mol.